The molecule has 0 spiro atoms. The van der Waals surface area contributed by atoms with Gasteiger partial charge in [0.2, 0.25) is 0 Å². The predicted octanol–water partition coefficient (Wildman–Crippen LogP) is 2.33. The molecule has 0 aliphatic carbocycles. The van der Waals surface area contributed by atoms with Crippen molar-refractivity contribution in [3.05, 3.63) is 30.1 Å². The van der Waals surface area contributed by atoms with Gasteiger partial charge < -0.3 is 20.7 Å². The number of carbonyl (C=O) groups is 1. The standard InChI is InChI=1S/C16H24N4O2/c1-10(8-11(2)21)9-17-16(22)18-12(3)15-19-13-6-4-5-7-14(13)20-15/h4-7,10-12,21H,8-9H2,1-3H3,(H,19,20)(H2,17,18,22). The zero-order valence-corrected chi connectivity index (χ0v) is 13.3. The van der Waals surface area contributed by atoms with Crippen molar-refractivity contribution >= 4 is 17.1 Å². The van der Waals surface area contributed by atoms with E-state index < -0.39 is 0 Å². The van der Waals surface area contributed by atoms with Crippen LogP contribution in [0.1, 0.15) is 39.1 Å². The molecule has 0 saturated heterocycles. The molecular formula is C16H24N4O2. The lowest BCUT2D eigenvalue weighted by Crippen LogP contribution is -2.39. The fraction of sp³-hybridized carbons (Fsp3) is 0.500. The van der Waals surface area contributed by atoms with Gasteiger partial charge in [-0.2, -0.15) is 0 Å². The molecule has 6 heteroatoms. The molecular weight excluding hydrogens is 280 g/mol. The molecule has 0 radical (unpaired) electrons. The molecule has 2 aromatic rings. The first-order chi connectivity index (χ1) is 10.5. The van der Waals surface area contributed by atoms with Crippen molar-refractivity contribution in [1.82, 2.24) is 20.6 Å². The molecule has 0 bridgehead atoms. The third-order valence-electron chi connectivity index (χ3n) is 3.52. The van der Waals surface area contributed by atoms with Gasteiger partial charge in [-0.15, -0.1) is 0 Å². The van der Waals surface area contributed by atoms with Crippen molar-refractivity contribution in [2.24, 2.45) is 5.92 Å². The normalized spacial score (nSPS) is 15.3. The number of para-hydroxylation sites is 2. The molecule has 22 heavy (non-hydrogen) atoms. The van der Waals surface area contributed by atoms with E-state index in [-0.39, 0.29) is 24.1 Å². The molecule has 0 saturated carbocycles. The Bertz CT molecular complexity index is 590. The van der Waals surface area contributed by atoms with Crippen LogP contribution in [0.3, 0.4) is 0 Å². The van der Waals surface area contributed by atoms with Crippen LogP contribution < -0.4 is 10.6 Å². The van der Waals surface area contributed by atoms with Crippen LogP contribution in [-0.2, 0) is 0 Å². The van der Waals surface area contributed by atoms with E-state index in [1.165, 1.54) is 0 Å². The van der Waals surface area contributed by atoms with Gasteiger partial charge in [-0.1, -0.05) is 19.1 Å². The van der Waals surface area contributed by atoms with Gasteiger partial charge in [0.1, 0.15) is 5.82 Å². The summed E-state index contributed by atoms with van der Waals surface area (Å²) >= 11 is 0. The molecule has 3 unspecified atom stereocenters. The van der Waals surface area contributed by atoms with Crippen molar-refractivity contribution < 1.29 is 9.90 Å². The average molecular weight is 304 g/mol. The maximum Gasteiger partial charge on any atom is 0.315 e. The molecule has 0 aliphatic heterocycles. The number of H-pyrrole nitrogens is 1. The second-order valence-corrected chi connectivity index (χ2v) is 5.91. The zero-order chi connectivity index (χ0) is 16.1. The van der Waals surface area contributed by atoms with Crippen LogP contribution in [0.25, 0.3) is 11.0 Å². The van der Waals surface area contributed by atoms with Gasteiger partial charge in [0.15, 0.2) is 0 Å². The number of benzene rings is 1. The number of nitrogens with zero attached hydrogens (tertiary/aromatic N) is 1. The number of fused-ring (bicyclic) bond motifs is 1. The second kappa shape index (κ2) is 7.26. The Labute approximate surface area is 130 Å². The summed E-state index contributed by atoms with van der Waals surface area (Å²) in [5.41, 5.74) is 1.84. The van der Waals surface area contributed by atoms with Gasteiger partial charge in [0.05, 0.1) is 23.2 Å². The lowest BCUT2D eigenvalue weighted by Gasteiger charge is -2.16. The second-order valence-electron chi connectivity index (χ2n) is 5.91. The molecule has 2 rings (SSSR count). The van der Waals surface area contributed by atoms with E-state index in [0.29, 0.717) is 13.0 Å². The van der Waals surface area contributed by atoms with E-state index >= 15 is 0 Å². The van der Waals surface area contributed by atoms with Crippen LogP contribution in [-0.4, -0.2) is 33.8 Å². The number of aliphatic hydroxyl groups excluding tert-OH is 1. The smallest absolute Gasteiger partial charge is 0.315 e. The maximum atomic E-state index is 11.9. The third kappa shape index (κ3) is 4.46. The van der Waals surface area contributed by atoms with Gasteiger partial charge in [-0.25, -0.2) is 9.78 Å². The molecule has 120 valence electrons. The van der Waals surface area contributed by atoms with Gasteiger partial charge in [-0.05, 0) is 38.3 Å². The van der Waals surface area contributed by atoms with Gasteiger partial charge in [0.25, 0.3) is 0 Å². The van der Waals surface area contributed by atoms with Crippen molar-refractivity contribution in [3.63, 3.8) is 0 Å². The Hall–Kier alpha value is -2.08. The number of hydrogen-bond acceptors (Lipinski definition) is 3. The first kappa shape index (κ1) is 16.3. The summed E-state index contributed by atoms with van der Waals surface area (Å²) in [7, 11) is 0. The van der Waals surface area contributed by atoms with Crippen molar-refractivity contribution in [1.29, 1.82) is 0 Å². The number of rotatable bonds is 6. The van der Waals surface area contributed by atoms with Crippen LogP contribution >= 0.6 is 0 Å². The summed E-state index contributed by atoms with van der Waals surface area (Å²) in [5, 5.41) is 15.0. The third-order valence-corrected chi connectivity index (χ3v) is 3.52. The summed E-state index contributed by atoms with van der Waals surface area (Å²) in [6.07, 6.45) is 0.314. The van der Waals surface area contributed by atoms with E-state index in [4.69, 9.17) is 0 Å². The van der Waals surface area contributed by atoms with Crippen molar-refractivity contribution in [3.8, 4) is 0 Å². The number of carbonyl (C=O) groups excluding carboxylic acids is 1. The van der Waals surface area contributed by atoms with E-state index in [1.54, 1.807) is 6.92 Å². The summed E-state index contributed by atoms with van der Waals surface area (Å²) in [6, 6.07) is 7.32. The highest BCUT2D eigenvalue weighted by Crippen LogP contribution is 2.15. The Morgan fingerprint density at radius 2 is 2.05 bits per heavy atom. The molecule has 3 atom stereocenters. The van der Waals surface area contributed by atoms with Crippen LogP contribution in [0.2, 0.25) is 0 Å². The average Bonchev–Trinajstić information content (AvgIpc) is 2.88. The molecule has 1 aromatic heterocycles. The monoisotopic (exact) mass is 304 g/mol. The summed E-state index contributed by atoms with van der Waals surface area (Å²) in [5.74, 6) is 0.959. The van der Waals surface area contributed by atoms with Crippen LogP contribution in [0.15, 0.2) is 24.3 Å². The Balaban J connectivity index is 1.85. The number of aromatic nitrogens is 2. The predicted molar refractivity (Wildman–Crippen MR) is 86.5 cm³/mol. The number of hydrogen-bond donors (Lipinski definition) is 4. The SMILES string of the molecule is CC(O)CC(C)CNC(=O)NC(C)c1nc2ccccc2[nH]1. The summed E-state index contributed by atoms with van der Waals surface area (Å²) in [4.78, 5) is 19.6. The van der Waals surface area contributed by atoms with E-state index in [0.717, 1.165) is 16.9 Å². The first-order valence-corrected chi connectivity index (χ1v) is 7.62. The summed E-state index contributed by atoms with van der Waals surface area (Å²) < 4.78 is 0. The minimum Gasteiger partial charge on any atom is -0.393 e. The molecule has 0 aliphatic rings. The summed E-state index contributed by atoms with van der Waals surface area (Å²) in [6.45, 7) is 6.16. The fourth-order valence-corrected chi connectivity index (χ4v) is 2.43. The van der Waals surface area contributed by atoms with Gasteiger partial charge in [0, 0.05) is 6.54 Å². The highest BCUT2D eigenvalue weighted by atomic mass is 16.3. The highest BCUT2D eigenvalue weighted by Gasteiger charge is 2.14. The molecule has 0 fully saturated rings. The highest BCUT2D eigenvalue weighted by molar-refractivity contribution is 5.76. The number of imidazole rings is 1. The van der Waals surface area contributed by atoms with E-state index in [1.807, 2.05) is 38.1 Å². The van der Waals surface area contributed by atoms with E-state index in [9.17, 15) is 9.90 Å². The number of nitrogens with one attached hydrogen (secondary N) is 3. The largest absolute Gasteiger partial charge is 0.393 e. The van der Waals surface area contributed by atoms with Crippen molar-refractivity contribution in [2.75, 3.05) is 6.54 Å². The Morgan fingerprint density at radius 3 is 2.73 bits per heavy atom. The molecule has 1 heterocycles. The lowest BCUT2D eigenvalue weighted by atomic mass is 10.1. The van der Waals surface area contributed by atoms with Crippen LogP contribution in [0.5, 0.6) is 0 Å². The minimum absolute atomic E-state index is 0.209. The minimum atomic E-state index is -0.352. The molecule has 2 amide bonds. The lowest BCUT2D eigenvalue weighted by molar-refractivity contribution is 0.163. The van der Waals surface area contributed by atoms with Gasteiger partial charge >= 0.3 is 6.03 Å². The van der Waals surface area contributed by atoms with E-state index in [2.05, 4.69) is 20.6 Å². The zero-order valence-electron chi connectivity index (χ0n) is 13.3. The number of urea groups is 1. The van der Waals surface area contributed by atoms with Gasteiger partial charge in [-0.3, -0.25) is 0 Å². The molecule has 1 aromatic carbocycles. The maximum absolute atomic E-state index is 11.9. The quantitative estimate of drug-likeness (QED) is 0.660. The Kier molecular flexibility index (Phi) is 5.38. The molecule has 4 N–H and O–H groups in total. The van der Waals surface area contributed by atoms with Crippen LogP contribution in [0, 0.1) is 5.92 Å². The Morgan fingerprint density at radius 1 is 1.32 bits per heavy atom. The van der Waals surface area contributed by atoms with Crippen molar-refractivity contribution in [2.45, 2.75) is 39.3 Å². The number of amides is 2. The molecule has 6 nitrogen and oxygen atoms in total. The first-order valence-electron chi connectivity index (χ1n) is 7.62. The number of aliphatic hydroxyl groups is 1. The fourth-order valence-electron chi connectivity index (χ4n) is 2.43. The number of aromatic amines is 1. The topological polar surface area (TPSA) is 90.0 Å². The van der Waals surface area contributed by atoms with Crippen LogP contribution in [0.4, 0.5) is 4.79 Å².